The Morgan fingerprint density at radius 1 is 1.14 bits per heavy atom. The first-order valence-corrected chi connectivity index (χ1v) is 13.5. The summed E-state index contributed by atoms with van der Waals surface area (Å²) in [5.41, 5.74) is 1.13. The summed E-state index contributed by atoms with van der Waals surface area (Å²) in [5, 5.41) is 8.08. The molecule has 0 bridgehead atoms. The smallest absolute Gasteiger partial charge is 0.273 e. The summed E-state index contributed by atoms with van der Waals surface area (Å²) < 4.78 is 7.46. The first-order chi connectivity index (χ1) is 17.1. The van der Waals surface area contributed by atoms with Gasteiger partial charge in [-0.3, -0.25) is 14.3 Å². The number of nitrogens with zero attached hydrogens (tertiary/aromatic N) is 3. The summed E-state index contributed by atoms with van der Waals surface area (Å²) in [6.07, 6.45) is 7.65. The van der Waals surface area contributed by atoms with Gasteiger partial charge in [-0.2, -0.15) is 5.10 Å². The van der Waals surface area contributed by atoms with E-state index in [9.17, 15) is 9.59 Å². The van der Waals surface area contributed by atoms with Gasteiger partial charge in [-0.1, -0.05) is 65.5 Å². The van der Waals surface area contributed by atoms with E-state index in [2.05, 4.69) is 33.0 Å². The predicted molar refractivity (Wildman–Crippen MR) is 141 cm³/mol. The van der Waals surface area contributed by atoms with Crippen molar-refractivity contribution in [2.75, 3.05) is 6.61 Å². The van der Waals surface area contributed by atoms with Crippen LogP contribution in [0.1, 0.15) is 101 Å². The van der Waals surface area contributed by atoms with Crippen LogP contribution < -0.4 is 10.1 Å². The van der Waals surface area contributed by atoms with Gasteiger partial charge in [0.2, 0.25) is 5.91 Å². The fraction of sp³-hybridized carbons (Fsp3) is 0.621. The van der Waals surface area contributed by atoms with E-state index >= 15 is 0 Å². The average molecular weight is 495 g/mol. The zero-order valence-corrected chi connectivity index (χ0v) is 22.6. The molecule has 0 spiro atoms. The maximum absolute atomic E-state index is 13.9. The second-order valence-corrected chi connectivity index (χ2v) is 11.6. The first kappa shape index (κ1) is 26.2. The van der Waals surface area contributed by atoms with Gasteiger partial charge in [0.15, 0.2) is 0 Å². The lowest BCUT2D eigenvalue weighted by molar-refractivity contribution is -0.134. The quantitative estimate of drug-likeness (QED) is 0.535. The molecule has 1 atom stereocenters. The highest BCUT2D eigenvalue weighted by molar-refractivity contribution is 5.99. The summed E-state index contributed by atoms with van der Waals surface area (Å²) in [6.45, 7) is 11.6. The maximum atomic E-state index is 13.9. The van der Waals surface area contributed by atoms with Gasteiger partial charge in [-0.05, 0) is 49.9 Å². The van der Waals surface area contributed by atoms with Crippen molar-refractivity contribution in [1.29, 1.82) is 0 Å². The number of ether oxygens (including phenoxy) is 1. The molecule has 7 heteroatoms. The van der Waals surface area contributed by atoms with E-state index in [-0.39, 0.29) is 23.3 Å². The Bertz CT molecular complexity index is 1060. The molecular weight excluding hydrogens is 452 g/mol. The largest absolute Gasteiger partial charge is 0.494 e. The Hall–Kier alpha value is -2.83. The van der Waals surface area contributed by atoms with Gasteiger partial charge in [0.05, 0.1) is 18.8 Å². The van der Waals surface area contributed by atoms with Gasteiger partial charge < -0.3 is 15.0 Å². The molecule has 1 aromatic carbocycles. The van der Waals surface area contributed by atoms with Crippen LogP contribution in [0.4, 0.5) is 0 Å². The predicted octanol–water partition coefficient (Wildman–Crippen LogP) is 5.22. The maximum Gasteiger partial charge on any atom is 0.273 e. The fourth-order valence-electron chi connectivity index (χ4n) is 5.11. The van der Waals surface area contributed by atoms with Crippen LogP contribution in [-0.4, -0.2) is 44.7 Å². The number of nitrogens with one attached hydrogen (secondary N) is 1. The van der Waals surface area contributed by atoms with Gasteiger partial charge in [-0.25, -0.2) is 0 Å². The van der Waals surface area contributed by atoms with Crippen molar-refractivity contribution in [3.05, 3.63) is 47.3 Å². The van der Waals surface area contributed by atoms with Crippen molar-refractivity contribution in [2.24, 2.45) is 0 Å². The molecule has 0 unspecified atom stereocenters. The number of carbonyl (C=O) groups is 2. The molecule has 1 N–H and O–H groups in total. The summed E-state index contributed by atoms with van der Waals surface area (Å²) in [6, 6.07) is 9.88. The van der Waals surface area contributed by atoms with Gasteiger partial charge >= 0.3 is 0 Å². The van der Waals surface area contributed by atoms with Crippen LogP contribution in [-0.2, 0) is 23.3 Å². The van der Waals surface area contributed by atoms with Gasteiger partial charge in [0, 0.05) is 18.0 Å². The van der Waals surface area contributed by atoms with Crippen molar-refractivity contribution in [1.82, 2.24) is 20.0 Å². The highest BCUT2D eigenvalue weighted by Gasteiger charge is 2.48. The molecule has 7 nitrogen and oxygen atoms in total. The number of fused-ring (bicyclic) bond motifs is 1. The van der Waals surface area contributed by atoms with Crippen LogP contribution in [0.2, 0.25) is 0 Å². The summed E-state index contributed by atoms with van der Waals surface area (Å²) in [4.78, 5) is 29.5. The number of rotatable bonds is 7. The fourth-order valence-corrected chi connectivity index (χ4v) is 5.11. The minimum Gasteiger partial charge on any atom is -0.494 e. The third-order valence-electron chi connectivity index (χ3n) is 7.48. The summed E-state index contributed by atoms with van der Waals surface area (Å²) >= 11 is 0. The molecular formula is C29H42N4O3. The zero-order chi connectivity index (χ0) is 25.9. The number of hydrogen-bond acceptors (Lipinski definition) is 4. The Morgan fingerprint density at radius 2 is 1.81 bits per heavy atom. The minimum atomic E-state index is -1.05. The number of hydrogen-bond donors (Lipinski definition) is 1. The van der Waals surface area contributed by atoms with Crippen molar-refractivity contribution in [3.63, 3.8) is 0 Å². The third kappa shape index (κ3) is 5.60. The first-order valence-electron chi connectivity index (χ1n) is 13.5. The molecule has 2 aromatic rings. The van der Waals surface area contributed by atoms with E-state index in [0.29, 0.717) is 25.4 Å². The topological polar surface area (TPSA) is 76.5 Å². The van der Waals surface area contributed by atoms with Crippen LogP contribution in [0.15, 0.2) is 30.3 Å². The zero-order valence-electron chi connectivity index (χ0n) is 22.6. The molecule has 2 heterocycles. The highest BCUT2D eigenvalue weighted by atomic mass is 16.5. The van der Waals surface area contributed by atoms with E-state index in [1.807, 2.05) is 37.3 Å². The highest BCUT2D eigenvalue weighted by Crippen LogP contribution is 2.32. The lowest BCUT2D eigenvalue weighted by Gasteiger charge is -2.44. The molecule has 4 rings (SSSR count). The Kier molecular flexibility index (Phi) is 7.76. The van der Waals surface area contributed by atoms with E-state index in [1.165, 1.54) is 12.8 Å². The van der Waals surface area contributed by atoms with Gasteiger partial charge in [0.1, 0.15) is 17.0 Å². The molecule has 0 saturated heterocycles. The number of amides is 2. The molecule has 0 radical (unpaired) electrons. The van der Waals surface area contributed by atoms with Crippen molar-refractivity contribution in [2.45, 2.75) is 110 Å². The lowest BCUT2D eigenvalue weighted by atomic mass is 9.91. The molecule has 1 aliphatic heterocycles. The number of benzene rings is 1. The Balaban J connectivity index is 1.64. The molecule has 1 fully saturated rings. The van der Waals surface area contributed by atoms with Crippen molar-refractivity contribution < 1.29 is 14.3 Å². The SMILES string of the molecule is CCCOc1ccc(CN2C(=O)c3cc(C(C)(C)C)nn3C[C@]2(C)C(=O)NC2CCCCCC2)cc1. The van der Waals surface area contributed by atoms with Crippen LogP contribution in [0.3, 0.4) is 0 Å². The number of aromatic nitrogens is 2. The molecule has 2 aliphatic rings. The molecule has 1 saturated carbocycles. The third-order valence-corrected chi connectivity index (χ3v) is 7.48. The van der Waals surface area contributed by atoms with Crippen molar-refractivity contribution in [3.8, 4) is 5.75 Å². The standard InChI is InChI=1S/C29H42N4O3/c1-6-17-36-23-15-13-21(14-16-23)19-32-26(34)24-18-25(28(2,3)4)31-33(24)20-29(32,5)27(35)30-22-11-9-7-8-10-12-22/h13-16,18,22H,6-12,17,19-20H2,1-5H3,(H,30,35)/t29-/m1/s1. The van der Waals surface area contributed by atoms with Crippen LogP contribution in [0.5, 0.6) is 5.75 Å². The second kappa shape index (κ2) is 10.7. The molecule has 2 amide bonds. The molecule has 196 valence electrons. The molecule has 36 heavy (non-hydrogen) atoms. The Labute approximate surface area is 215 Å². The van der Waals surface area contributed by atoms with Crippen LogP contribution >= 0.6 is 0 Å². The minimum absolute atomic E-state index is 0.0934. The van der Waals surface area contributed by atoms with E-state index in [4.69, 9.17) is 9.84 Å². The second-order valence-electron chi connectivity index (χ2n) is 11.6. The van der Waals surface area contributed by atoms with E-state index in [1.54, 1.807) is 9.58 Å². The average Bonchev–Trinajstić information content (AvgIpc) is 3.11. The molecule has 1 aromatic heterocycles. The normalized spacial score (nSPS) is 21.1. The van der Waals surface area contributed by atoms with E-state index < -0.39 is 5.54 Å². The van der Waals surface area contributed by atoms with Crippen LogP contribution in [0, 0.1) is 0 Å². The van der Waals surface area contributed by atoms with Crippen LogP contribution in [0.25, 0.3) is 0 Å². The monoisotopic (exact) mass is 494 g/mol. The van der Waals surface area contributed by atoms with Gasteiger partial charge in [-0.15, -0.1) is 0 Å². The summed E-state index contributed by atoms with van der Waals surface area (Å²) in [7, 11) is 0. The van der Waals surface area contributed by atoms with E-state index in [0.717, 1.165) is 49.1 Å². The van der Waals surface area contributed by atoms with Crippen molar-refractivity contribution >= 4 is 11.8 Å². The number of carbonyl (C=O) groups excluding carboxylic acids is 2. The lowest BCUT2D eigenvalue weighted by Crippen LogP contribution is -2.64. The summed E-state index contributed by atoms with van der Waals surface area (Å²) in [5.74, 6) is 0.561. The molecule has 1 aliphatic carbocycles. The Morgan fingerprint density at radius 3 is 2.42 bits per heavy atom. The van der Waals surface area contributed by atoms with Gasteiger partial charge in [0.25, 0.3) is 5.91 Å².